The molecule has 0 N–H and O–H groups in total. The second kappa shape index (κ2) is 6.59. The van der Waals surface area contributed by atoms with Crippen LogP contribution >= 0.6 is 0 Å². The van der Waals surface area contributed by atoms with Crippen LogP contribution in [-0.4, -0.2) is 6.21 Å². The molecule has 0 bridgehead atoms. The highest BCUT2D eigenvalue weighted by molar-refractivity contribution is 5.79. The van der Waals surface area contributed by atoms with Gasteiger partial charge in [-0.2, -0.15) is 0 Å². The predicted octanol–water partition coefficient (Wildman–Crippen LogP) is 3.50. The standard InChI is InChI=1S/C11H17N/c1-5-7-10(3)11(4)9-12-8-6-2/h5-9H,1-4H3/b7-5-,8-6+,11-10-,12-9-. The molecule has 66 valence electrons. The summed E-state index contributed by atoms with van der Waals surface area (Å²) in [7, 11) is 0. The van der Waals surface area contributed by atoms with Gasteiger partial charge in [0.25, 0.3) is 0 Å². The summed E-state index contributed by atoms with van der Waals surface area (Å²) < 4.78 is 0. The number of allylic oxidation sites excluding steroid dienone is 5. The quantitative estimate of drug-likeness (QED) is 0.446. The van der Waals surface area contributed by atoms with Crippen molar-refractivity contribution in [1.82, 2.24) is 0 Å². The molecule has 0 saturated carbocycles. The van der Waals surface area contributed by atoms with Crippen molar-refractivity contribution < 1.29 is 0 Å². The first-order chi connectivity index (χ1) is 5.72. The minimum absolute atomic E-state index is 1.20. The summed E-state index contributed by atoms with van der Waals surface area (Å²) in [5.41, 5.74) is 2.46. The zero-order valence-electron chi connectivity index (χ0n) is 8.33. The lowest BCUT2D eigenvalue weighted by atomic mass is 10.1. The number of aliphatic imine (C=N–C) groups is 1. The van der Waals surface area contributed by atoms with Gasteiger partial charge in [-0.05, 0) is 38.8 Å². The maximum Gasteiger partial charge on any atom is 0.0299 e. The van der Waals surface area contributed by atoms with Gasteiger partial charge in [0.15, 0.2) is 0 Å². The van der Waals surface area contributed by atoms with Crippen LogP contribution < -0.4 is 0 Å². The first-order valence-corrected chi connectivity index (χ1v) is 4.17. The van der Waals surface area contributed by atoms with E-state index in [4.69, 9.17) is 0 Å². The van der Waals surface area contributed by atoms with Gasteiger partial charge in [0.05, 0.1) is 0 Å². The van der Waals surface area contributed by atoms with Gasteiger partial charge >= 0.3 is 0 Å². The molecule has 0 aliphatic heterocycles. The number of rotatable bonds is 3. The molecule has 0 aromatic carbocycles. The molecule has 0 spiro atoms. The van der Waals surface area contributed by atoms with E-state index in [-0.39, 0.29) is 0 Å². The van der Waals surface area contributed by atoms with E-state index in [1.807, 2.05) is 32.2 Å². The smallest absolute Gasteiger partial charge is 0.0299 e. The van der Waals surface area contributed by atoms with Crippen molar-refractivity contribution in [2.45, 2.75) is 27.7 Å². The molecule has 0 radical (unpaired) electrons. The highest BCUT2D eigenvalue weighted by atomic mass is 14.7. The fourth-order valence-corrected chi connectivity index (χ4v) is 0.724. The third-order valence-corrected chi connectivity index (χ3v) is 1.54. The Bertz CT molecular complexity index is 229. The Labute approximate surface area is 75.2 Å². The van der Waals surface area contributed by atoms with Gasteiger partial charge < -0.3 is 0 Å². The Morgan fingerprint density at radius 2 is 1.67 bits per heavy atom. The van der Waals surface area contributed by atoms with E-state index < -0.39 is 0 Å². The molecule has 0 aliphatic carbocycles. The largest absolute Gasteiger partial charge is 0.265 e. The van der Waals surface area contributed by atoms with Gasteiger partial charge in [-0.3, -0.25) is 4.99 Å². The van der Waals surface area contributed by atoms with Crippen molar-refractivity contribution in [3.63, 3.8) is 0 Å². The molecule has 0 rings (SSSR count). The first-order valence-electron chi connectivity index (χ1n) is 4.17. The zero-order valence-corrected chi connectivity index (χ0v) is 8.33. The fraction of sp³-hybridized carbons (Fsp3) is 0.364. The summed E-state index contributed by atoms with van der Waals surface area (Å²) in [4.78, 5) is 4.10. The topological polar surface area (TPSA) is 12.4 Å². The van der Waals surface area contributed by atoms with Gasteiger partial charge in [-0.15, -0.1) is 0 Å². The molecule has 0 atom stereocenters. The number of hydrogen-bond acceptors (Lipinski definition) is 1. The molecular weight excluding hydrogens is 146 g/mol. The molecule has 0 aliphatic rings. The van der Waals surface area contributed by atoms with Gasteiger partial charge in [0.2, 0.25) is 0 Å². The predicted molar refractivity (Wildman–Crippen MR) is 56.5 cm³/mol. The average molecular weight is 163 g/mol. The molecule has 0 amide bonds. The van der Waals surface area contributed by atoms with E-state index in [2.05, 4.69) is 24.9 Å². The van der Waals surface area contributed by atoms with Gasteiger partial charge in [-0.25, -0.2) is 0 Å². The highest BCUT2D eigenvalue weighted by Crippen LogP contribution is 2.02. The Hall–Kier alpha value is -1.11. The summed E-state index contributed by atoms with van der Waals surface area (Å²) in [6.45, 7) is 8.11. The second-order valence-electron chi connectivity index (χ2n) is 2.63. The van der Waals surface area contributed by atoms with E-state index in [9.17, 15) is 0 Å². The van der Waals surface area contributed by atoms with E-state index in [0.29, 0.717) is 0 Å². The van der Waals surface area contributed by atoms with Gasteiger partial charge in [0, 0.05) is 12.4 Å². The summed E-state index contributed by atoms with van der Waals surface area (Å²) in [5.74, 6) is 0. The van der Waals surface area contributed by atoms with Crippen LogP contribution in [0.2, 0.25) is 0 Å². The summed E-state index contributed by atoms with van der Waals surface area (Å²) in [6, 6.07) is 0. The van der Waals surface area contributed by atoms with Crippen molar-refractivity contribution in [3.05, 3.63) is 35.6 Å². The van der Waals surface area contributed by atoms with Crippen molar-refractivity contribution in [2.75, 3.05) is 0 Å². The Kier molecular flexibility index (Phi) is 5.98. The SMILES string of the molecule is C\C=C/C(C)=C(C)\C=N/C=C/C. The minimum Gasteiger partial charge on any atom is -0.265 e. The first kappa shape index (κ1) is 10.9. The van der Waals surface area contributed by atoms with Crippen LogP contribution in [0.4, 0.5) is 0 Å². The van der Waals surface area contributed by atoms with Gasteiger partial charge in [0.1, 0.15) is 0 Å². The minimum atomic E-state index is 1.20. The molecule has 0 unspecified atom stereocenters. The third kappa shape index (κ3) is 4.67. The lowest BCUT2D eigenvalue weighted by molar-refractivity contribution is 1.40. The number of nitrogens with zero attached hydrogens (tertiary/aromatic N) is 1. The van der Waals surface area contributed by atoms with Crippen molar-refractivity contribution >= 4 is 6.21 Å². The van der Waals surface area contributed by atoms with Crippen LogP contribution in [0, 0.1) is 0 Å². The molecule has 0 heterocycles. The van der Waals surface area contributed by atoms with Crippen LogP contribution in [-0.2, 0) is 0 Å². The van der Waals surface area contributed by atoms with E-state index in [1.54, 1.807) is 6.20 Å². The summed E-state index contributed by atoms with van der Waals surface area (Å²) in [6.07, 6.45) is 9.68. The van der Waals surface area contributed by atoms with E-state index in [1.165, 1.54) is 11.1 Å². The molecule has 0 saturated heterocycles. The van der Waals surface area contributed by atoms with Crippen LogP contribution in [0.1, 0.15) is 27.7 Å². The average Bonchev–Trinajstić information content (AvgIpc) is 2.05. The molecule has 1 heteroatoms. The lowest BCUT2D eigenvalue weighted by Crippen LogP contribution is -1.81. The monoisotopic (exact) mass is 163 g/mol. The molecule has 0 fully saturated rings. The highest BCUT2D eigenvalue weighted by Gasteiger charge is 1.86. The van der Waals surface area contributed by atoms with Crippen molar-refractivity contribution in [2.24, 2.45) is 4.99 Å². The lowest BCUT2D eigenvalue weighted by Gasteiger charge is -1.94. The maximum absolute atomic E-state index is 4.10. The van der Waals surface area contributed by atoms with Crippen molar-refractivity contribution in [1.29, 1.82) is 0 Å². The van der Waals surface area contributed by atoms with Gasteiger partial charge in [-0.1, -0.05) is 18.2 Å². The van der Waals surface area contributed by atoms with Crippen LogP contribution in [0.5, 0.6) is 0 Å². The summed E-state index contributed by atoms with van der Waals surface area (Å²) >= 11 is 0. The Morgan fingerprint density at radius 1 is 1.00 bits per heavy atom. The van der Waals surface area contributed by atoms with E-state index in [0.717, 1.165) is 0 Å². The third-order valence-electron chi connectivity index (χ3n) is 1.54. The second-order valence-corrected chi connectivity index (χ2v) is 2.63. The molecule has 0 aromatic rings. The number of hydrogen-bond donors (Lipinski definition) is 0. The van der Waals surface area contributed by atoms with Crippen LogP contribution in [0.3, 0.4) is 0 Å². The summed E-state index contributed by atoms with van der Waals surface area (Å²) in [5, 5.41) is 0. The maximum atomic E-state index is 4.10. The van der Waals surface area contributed by atoms with E-state index >= 15 is 0 Å². The van der Waals surface area contributed by atoms with Crippen LogP contribution in [0.15, 0.2) is 40.6 Å². The zero-order chi connectivity index (χ0) is 9.40. The van der Waals surface area contributed by atoms with Crippen LogP contribution in [0.25, 0.3) is 0 Å². The normalized spacial score (nSPS) is 15.0. The Morgan fingerprint density at radius 3 is 2.17 bits per heavy atom. The Balaban J connectivity index is 4.35. The molecular formula is C11H17N. The molecule has 1 nitrogen and oxygen atoms in total. The molecule has 0 aromatic heterocycles. The van der Waals surface area contributed by atoms with Crippen molar-refractivity contribution in [3.8, 4) is 0 Å². The molecule has 12 heavy (non-hydrogen) atoms. The fourth-order valence-electron chi connectivity index (χ4n) is 0.724.